The molecule has 2 aromatic heterocycles. The summed E-state index contributed by atoms with van der Waals surface area (Å²) < 4.78 is 6.14. The van der Waals surface area contributed by atoms with E-state index < -0.39 is 0 Å². The number of halogens is 1. The zero-order valence-corrected chi connectivity index (χ0v) is 9.85. The van der Waals surface area contributed by atoms with Crippen LogP contribution >= 0.6 is 27.3 Å². The highest BCUT2D eigenvalue weighted by atomic mass is 79.9. The van der Waals surface area contributed by atoms with E-state index in [1.165, 1.54) is 11.3 Å². The normalized spacial score (nSPS) is 10.4. The molecule has 2 rings (SSSR count). The molecule has 0 aliphatic carbocycles. The van der Waals surface area contributed by atoms with Crippen molar-refractivity contribution < 1.29 is 4.42 Å². The van der Waals surface area contributed by atoms with Gasteiger partial charge in [0.1, 0.15) is 10.4 Å². The van der Waals surface area contributed by atoms with Crippen LogP contribution in [0.2, 0.25) is 0 Å². The fourth-order valence-corrected chi connectivity index (χ4v) is 2.11. The molecule has 0 unspecified atom stereocenters. The molecule has 0 aliphatic heterocycles. The van der Waals surface area contributed by atoms with Gasteiger partial charge in [0.2, 0.25) is 5.89 Å². The average Bonchev–Trinajstić information content (AvgIpc) is 2.72. The second kappa shape index (κ2) is 4.10. The number of aryl methyl sites for hydroxylation is 1. The summed E-state index contributed by atoms with van der Waals surface area (Å²) in [6.45, 7) is 2.43. The summed E-state index contributed by atoms with van der Waals surface area (Å²) in [4.78, 5) is 8.26. The van der Waals surface area contributed by atoms with Crippen LogP contribution in [-0.2, 0) is 6.54 Å². The molecule has 2 aromatic rings. The van der Waals surface area contributed by atoms with Crippen molar-refractivity contribution in [2.24, 2.45) is 0 Å². The quantitative estimate of drug-likeness (QED) is 0.935. The zero-order chi connectivity index (χ0) is 9.97. The van der Waals surface area contributed by atoms with Crippen LogP contribution in [0.25, 0.3) is 0 Å². The smallest absolute Gasteiger partial charge is 0.213 e. The lowest BCUT2D eigenvalue weighted by atomic mass is 10.6. The van der Waals surface area contributed by atoms with Gasteiger partial charge in [-0.1, -0.05) is 0 Å². The highest BCUT2D eigenvalue weighted by Gasteiger charge is 2.02. The van der Waals surface area contributed by atoms with Gasteiger partial charge >= 0.3 is 0 Å². The van der Waals surface area contributed by atoms with Gasteiger partial charge in [0.05, 0.1) is 12.7 Å². The molecule has 0 atom stereocenters. The van der Waals surface area contributed by atoms with Gasteiger partial charge in [0.15, 0.2) is 5.13 Å². The summed E-state index contributed by atoms with van der Waals surface area (Å²) in [5, 5.41) is 5.89. The van der Waals surface area contributed by atoms with E-state index in [2.05, 4.69) is 31.2 Å². The Morgan fingerprint density at radius 1 is 1.64 bits per heavy atom. The molecule has 0 radical (unpaired) electrons. The molecule has 0 fully saturated rings. The standard InChI is InChI=1S/C8H8BrN3OS/c1-5-2-10-7(13-5)3-11-8-12-6(9)4-14-8/h2,4H,3H2,1H3,(H,11,12). The molecule has 0 amide bonds. The van der Waals surface area contributed by atoms with Gasteiger partial charge in [-0.15, -0.1) is 11.3 Å². The van der Waals surface area contributed by atoms with E-state index in [-0.39, 0.29) is 0 Å². The molecule has 1 N–H and O–H groups in total. The molecular formula is C8H8BrN3OS. The lowest BCUT2D eigenvalue weighted by Gasteiger charge is -1.96. The van der Waals surface area contributed by atoms with Crippen molar-refractivity contribution in [3.05, 3.63) is 27.8 Å². The van der Waals surface area contributed by atoms with Crippen molar-refractivity contribution in [2.45, 2.75) is 13.5 Å². The molecule has 0 saturated carbocycles. The number of rotatable bonds is 3. The molecule has 2 heterocycles. The van der Waals surface area contributed by atoms with E-state index in [1.54, 1.807) is 6.20 Å². The summed E-state index contributed by atoms with van der Waals surface area (Å²) in [6, 6.07) is 0. The number of anilines is 1. The maximum Gasteiger partial charge on any atom is 0.213 e. The van der Waals surface area contributed by atoms with Crippen LogP contribution in [0.3, 0.4) is 0 Å². The van der Waals surface area contributed by atoms with Gasteiger partial charge in [-0.2, -0.15) is 0 Å². The lowest BCUT2D eigenvalue weighted by molar-refractivity contribution is 0.479. The van der Waals surface area contributed by atoms with Crippen LogP contribution in [0, 0.1) is 6.92 Å². The summed E-state index contributed by atoms with van der Waals surface area (Å²) in [7, 11) is 0. The van der Waals surface area contributed by atoms with Crippen LogP contribution in [0.1, 0.15) is 11.7 Å². The number of aromatic nitrogens is 2. The molecule has 0 aliphatic rings. The van der Waals surface area contributed by atoms with Crippen molar-refractivity contribution in [3.63, 3.8) is 0 Å². The number of nitrogens with zero attached hydrogens (tertiary/aromatic N) is 2. The topological polar surface area (TPSA) is 51.0 Å². The zero-order valence-electron chi connectivity index (χ0n) is 7.45. The van der Waals surface area contributed by atoms with Crippen molar-refractivity contribution in [2.75, 3.05) is 5.32 Å². The Labute approximate surface area is 93.5 Å². The fourth-order valence-electron chi connectivity index (χ4n) is 0.970. The Kier molecular flexibility index (Phi) is 2.83. The van der Waals surface area contributed by atoms with Crippen molar-refractivity contribution >= 4 is 32.4 Å². The molecule has 0 saturated heterocycles. The first-order valence-electron chi connectivity index (χ1n) is 4.00. The van der Waals surface area contributed by atoms with E-state index in [0.717, 1.165) is 15.5 Å². The maximum absolute atomic E-state index is 5.30. The van der Waals surface area contributed by atoms with Crippen LogP contribution in [0.15, 0.2) is 20.6 Å². The number of nitrogens with one attached hydrogen (secondary N) is 1. The summed E-state index contributed by atoms with van der Waals surface area (Å²) in [5.74, 6) is 1.50. The minimum absolute atomic E-state index is 0.563. The predicted molar refractivity (Wildman–Crippen MR) is 58.4 cm³/mol. The monoisotopic (exact) mass is 273 g/mol. The Balaban J connectivity index is 1.94. The third kappa shape index (κ3) is 2.33. The minimum atomic E-state index is 0.563. The highest BCUT2D eigenvalue weighted by molar-refractivity contribution is 9.10. The number of thiazole rings is 1. The minimum Gasteiger partial charge on any atom is -0.444 e. The van der Waals surface area contributed by atoms with Gasteiger partial charge in [-0.3, -0.25) is 0 Å². The maximum atomic E-state index is 5.30. The van der Waals surface area contributed by atoms with Crippen LogP contribution in [0.5, 0.6) is 0 Å². The van der Waals surface area contributed by atoms with Gasteiger partial charge < -0.3 is 9.73 Å². The second-order valence-corrected chi connectivity index (χ2v) is 4.36. The number of hydrogen-bond donors (Lipinski definition) is 1. The molecule has 14 heavy (non-hydrogen) atoms. The SMILES string of the molecule is Cc1cnc(CNc2nc(Br)cs2)o1. The molecule has 0 spiro atoms. The predicted octanol–water partition coefficient (Wildman–Crippen LogP) is 2.81. The molecular weight excluding hydrogens is 266 g/mol. The van der Waals surface area contributed by atoms with Gasteiger partial charge in [-0.05, 0) is 22.9 Å². The molecule has 6 heteroatoms. The van der Waals surface area contributed by atoms with Crippen LogP contribution in [-0.4, -0.2) is 9.97 Å². The molecule has 0 aromatic carbocycles. The van der Waals surface area contributed by atoms with Gasteiger partial charge in [0, 0.05) is 5.38 Å². The molecule has 0 bridgehead atoms. The van der Waals surface area contributed by atoms with Crippen molar-refractivity contribution in [3.8, 4) is 0 Å². The lowest BCUT2D eigenvalue weighted by Crippen LogP contribution is -1.98. The number of oxazole rings is 1. The third-order valence-electron chi connectivity index (χ3n) is 1.54. The molecule has 4 nitrogen and oxygen atoms in total. The van der Waals surface area contributed by atoms with Gasteiger partial charge in [0.25, 0.3) is 0 Å². The largest absolute Gasteiger partial charge is 0.444 e. The fraction of sp³-hybridized carbons (Fsp3) is 0.250. The Hall–Kier alpha value is -0.880. The van der Waals surface area contributed by atoms with E-state index in [1.807, 2.05) is 12.3 Å². The van der Waals surface area contributed by atoms with E-state index in [0.29, 0.717) is 12.4 Å². The summed E-state index contributed by atoms with van der Waals surface area (Å²) in [5.41, 5.74) is 0. The third-order valence-corrected chi connectivity index (χ3v) is 3.05. The van der Waals surface area contributed by atoms with Crippen LogP contribution in [0.4, 0.5) is 5.13 Å². The van der Waals surface area contributed by atoms with Crippen LogP contribution < -0.4 is 5.32 Å². The van der Waals surface area contributed by atoms with Gasteiger partial charge in [-0.25, -0.2) is 9.97 Å². The Morgan fingerprint density at radius 2 is 2.50 bits per heavy atom. The second-order valence-electron chi connectivity index (χ2n) is 2.69. The molecule has 74 valence electrons. The van der Waals surface area contributed by atoms with E-state index >= 15 is 0 Å². The Morgan fingerprint density at radius 3 is 3.07 bits per heavy atom. The first kappa shape index (κ1) is 9.67. The Bertz CT molecular complexity index is 385. The van der Waals surface area contributed by atoms with Crippen molar-refractivity contribution in [1.29, 1.82) is 0 Å². The first-order chi connectivity index (χ1) is 6.74. The highest BCUT2D eigenvalue weighted by Crippen LogP contribution is 2.19. The number of hydrogen-bond acceptors (Lipinski definition) is 5. The summed E-state index contributed by atoms with van der Waals surface area (Å²) >= 11 is 4.82. The van der Waals surface area contributed by atoms with E-state index in [4.69, 9.17) is 4.42 Å². The average molecular weight is 274 g/mol. The summed E-state index contributed by atoms with van der Waals surface area (Å²) in [6.07, 6.45) is 1.70. The van der Waals surface area contributed by atoms with E-state index in [9.17, 15) is 0 Å². The van der Waals surface area contributed by atoms with Crippen molar-refractivity contribution in [1.82, 2.24) is 9.97 Å². The first-order valence-corrected chi connectivity index (χ1v) is 5.67.